The minimum atomic E-state index is -5.08. The summed E-state index contributed by atoms with van der Waals surface area (Å²) in [4.78, 5) is 74.1. The number of para-hydroxylation sites is 1. The first-order valence-corrected chi connectivity index (χ1v) is 21.0. The van der Waals surface area contributed by atoms with Gasteiger partial charge in [0, 0.05) is 39.7 Å². The largest absolute Gasteiger partial charge is 0.573 e. The van der Waals surface area contributed by atoms with Crippen molar-refractivity contribution in [1.82, 2.24) is 4.57 Å². The number of aliphatic carboxylic acids is 2. The number of fused-ring (bicyclic) bond motifs is 1. The van der Waals surface area contributed by atoms with Crippen LogP contribution < -0.4 is 15.4 Å². The smallest absolute Gasteiger partial charge is 0.481 e. The molecule has 2 amide bonds. The second kappa shape index (κ2) is 20.2. The quantitative estimate of drug-likeness (QED) is 0.0519. The van der Waals surface area contributed by atoms with Gasteiger partial charge in [-0.2, -0.15) is 0 Å². The fourth-order valence-electron chi connectivity index (χ4n) is 5.52. The molecule has 5 rings (SSSR count). The van der Waals surface area contributed by atoms with Crippen LogP contribution in [0.4, 0.5) is 27.6 Å². The Morgan fingerprint density at radius 1 is 0.800 bits per heavy atom. The maximum Gasteiger partial charge on any atom is 0.573 e. The summed E-state index contributed by atoms with van der Waals surface area (Å²) >= 11 is 3.53. The molecule has 0 saturated carbocycles. The molecule has 0 aliphatic carbocycles. The average Bonchev–Trinajstić information content (AvgIpc) is 3.88. The van der Waals surface area contributed by atoms with E-state index in [1.807, 2.05) is 61.9 Å². The third kappa shape index (κ3) is 12.5. The Morgan fingerprint density at radius 2 is 1.38 bits per heavy atom. The molecule has 0 fully saturated rings. The molecule has 12 nitrogen and oxygen atoms in total. The van der Waals surface area contributed by atoms with Crippen molar-refractivity contribution in [2.75, 3.05) is 22.1 Å². The molecule has 320 valence electrons. The van der Waals surface area contributed by atoms with Gasteiger partial charge in [0.05, 0.1) is 33.7 Å². The fraction of sp³-hybridized carbons (Fsp3) is 0.317. The van der Waals surface area contributed by atoms with Crippen LogP contribution in [-0.4, -0.2) is 68.0 Å². The molecule has 5 aromatic rings. The molecule has 19 heteroatoms. The van der Waals surface area contributed by atoms with Gasteiger partial charge in [0.2, 0.25) is 17.6 Å². The summed E-state index contributed by atoms with van der Waals surface area (Å²) in [7, 11) is 1.85. The summed E-state index contributed by atoms with van der Waals surface area (Å²) < 4.78 is 56.4. The number of carboxylic acids is 2. The molecule has 3 aromatic heterocycles. The minimum Gasteiger partial charge on any atom is -0.481 e. The van der Waals surface area contributed by atoms with Gasteiger partial charge in [-0.15, -0.1) is 47.6 Å². The van der Waals surface area contributed by atoms with Crippen LogP contribution in [0.15, 0.2) is 60.7 Å². The van der Waals surface area contributed by atoms with Crippen LogP contribution >= 0.6 is 34.4 Å². The number of ketones is 2. The van der Waals surface area contributed by atoms with Gasteiger partial charge in [-0.25, -0.2) is 4.39 Å². The van der Waals surface area contributed by atoms with Crippen LogP contribution in [0.3, 0.4) is 0 Å². The van der Waals surface area contributed by atoms with Crippen molar-refractivity contribution in [1.29, 1.82) is 0 Å². The number of amides is 2. The second-order valence-electron chi connectivity index (χ2n) is 13.8. The minimum absolute atomic E-state index is 0.0212. The highest BCUT2D eigenvalue weighted by molar-refractivity contribution is 8.00. The third-order valence-electron chi connectivity index (χ3n) is 8.88. The van der Waals surface area contributed by atoms with E-state index >= 15 is 0 Å². The summed E-state index contributed by atoms with van der Waals surface area (Å²) in [5.41, 5.74) is 0.702. The fourth-order valence-corrected chi connectivity index (χ4v) is 8.08. The van der Waals surface area contributed by atoms with Crippen LogP contribution in [0.25, 0.3) is 10.9 Å². The third-order valence-corrected chi connectivity index (χ3v) is 12.2. The van der Waals surface area contributed by atoms with E-state index in [4.69, 9.17) is 10.2 Å². The predicted octanol–water partition coefficient (Wildman–Crippen LogP) is 9.20. The number of hydrogen-bond acceptors (Lipinski definition) is 10. The molecular formula is C41H41F4N3O9S3. The number of halogens is 4. The predicted molar refractivity (Wildman–Crippen MR) is 223 cm³/mol. The lowest BCUT2D eigenvalue weighted by molar-refractivity contribution is -0.275. The first-order chi connectivity index (χ1) is 28.1. The number of thiophene rings is 2. The molecule has 0 aliphatic heterocycles. The van der Waals surface area contributed by atoms with Gasteiger partial charge in [0.15, 0.2) is 17.3 Å². The summed E-state index contributed by atoms with van der Waals surface area (Å²) in [6.07, 6.45) is -3.83. The van der Waals surface area contributed by atoms with Gasteiger partial charge >= 0.3 is 18.3 Å². The number of anilines is 2. The number of alkyl halides is 3. The van der Waals surface area contributed by atoms with Crippen LogP contribution in [0.5, 0.6) is 5.75 Å². The summed E-state index contributed by atoms with van der Waals surface area (Å²) in [5, 5.41) is 24.9. The van der Waals surface area contributed by atoms with Gasteiger partial charge in [-0.05, 0) is 75.6 Å². The molecular weight excluding hydrogens is 851 g/mol. The molecule has 0 unspecified atom stereocenters. The number of benzene rings is 2. The summed E-state index contributed by atoms with van der Waals surface area (Å²) in [6, 6.07) is 15.3. The van der Waals surface area contributed by atoms with E-state index < -0.39 is 47.0 Å². The monoisotopic (exact) mass is 891 g/mol. The number of carbonyl (C=O) groups is 6. The number of nitrogens with one attached hydrogen (secondary N) is 2. The maximum absolute atomic E-state index is 14.0. The maximum atomic E-state index is 14.0. The van der Waals surface area contributed by atoms with Crippen molar-refractivity contribution in [2.45, 2.75) is 59.7 Å². The van der Waals surface area contributed by atoms with Crippen molar-refractivity contribution >= 4 is 90.7 Å². The molecule has 0 aliphatic rings. The molecule has 0 bridgehead atoms. The van der Waals surface area contributed by atoms with Crippen LogP contribution in [0.2, 0.25) is 0 Å². The first-order valence-electron chi connectivity index (χ1n) is 18.2. The SMILES string of the molecule is CCc1cc(C(=O)c2cc3ccccc3n2C)c(NC(=O)CSCC(=O)O)s1.CCc1cc(C(=O)c2ccc(OC(F)(F)F)c(F)c2)c(NC(=O)CCC(C)(C)C(=O)O)s1. The highest BCUT2D eigenvalue weighted by Gasteiger charge is 2.33. The Hall–Kier alpha value is -5.53. The number of rotatable bonds is 17. The number of thioether (sulfide) groups is 1. The molecule has 0 atom stereocenters. The average molecular weight is 892 g/mol. The lowest BCUT2D eigenvalue weighted by atomic mass is 9.88. The molecule has 0 radical (unpaired) electrons. The number of aryl methyl sites for hydroxylation is 3. The van der Waals surface area contributed by atoms with E-state index in [-0.39, 0.29) is 52.2 Å². The van der Waals surface area contributed by atoms with Crippen LogP contribution in [0.1, 0.15) is 82.3 Å². The Bertz CT molecular complexity index is 2420. The van der Waals surface area contributed by atoms with E-state index in [9.17, 15) is 46.3 Å². The highest BCUT2D eigenvalue weighted by atomic mass is 32.2. The van der Waals surface area contributed by atoms with E-state index in [2.05, 4.69) is 15.4 Å². The Balaban J connectivity index is 0.000000267. The zero-order valence-corrected chi connectivity index (χ0v) is 35.4. The van der Waals surface area contributed by atoms with E-state index in [0.717, 1.165) is 56.2 Å². The normalized spacial score (nSPS) is 11.4. The topological polar surface area (TPSA) is 181 Å². The Labute approximate surface area is 353 Å². The van der Waals surface area contributed by atoms with Crippen molar-refractivity contribution < 1.29 is 61.3 Å². The molecule has 4 N–H and O–H groups in total. The van der Waals surface area contributed by atoms with Gasteiger partial charge in [-0.3, -0.25) is 28.8 Å². The van der Waals surface area contributed by atoms with Crippen molar-refractivity contribution in [3.05, 3.63) is 98.6 Å². The molecule has 3 heterocycles. The van der Waals surface area contributed by atoms with Crippen molar-refractivity contribution in [3.8, 4) is 5.75 Å². The van der Waals surface area contributed by atoms with E-state index in [0.29, 0.717) is 34.8 Å². The zero-order valence-electron chi connectivity index (χ0n) is 33.0. The molecule has 2 aromatic carbocycles. The highest BCUT2D eigenvalue weighted by Crippen LogP contribution is 2.34. The van der Waals surface area contributed by atoms with Crippen LogP contribution in [0, 0.1) is 11.2 Å². The van der Waals surface area contributed by atoms with E-state index in [1.54, 1.807) is 0 Å². The first kappa shape index (κ1) is 47.2. The number of carbonyl (C=O) groups excluding carboxylic acids is 4. The molecule has 0 saturated heterocycles. The van der Waals surface area contributed by atoms with Gasteiger partial charge in [0.1, 0.15) is 10.0 Å². The van der Waals surface area contributed by atoms with Gasteiger partial charge in [0.25, 0.3) is 0 Å². The zero-order chi connectivity index (χ0) is 44.5. The number of aromatic nitrogens is 1. The van der Waals surface area contributed by atoms with Gasteiger partial charge in [-0.1, -0.05) is 32.0 Å². The number of nitrogens with zero attached hydrogens (tertiary/aromatic N) is 1. The Kier molecular flexibility index (Phi) is 15.8. The lowest BCUT2D eigenvalue weighted by Gasteiger charge is -2.18. The lowest BCUT2D eigenvalue weighted by Crippen LogP contribution is -2.25. The second-order valence-corrected chi connectivity index (χ2v) is 17.0. The summed E-state index contributed by atoms with van der Waals surface area (Å²) in [5.74, 6) is -6.22. The van der Waals surface area contributed by atoms with Crippen molar-refractivity contribution in [2.24, 2.45) is 12.5 Å². The standard InChI is InChI=1S/C21H21F4NO5S.C20H20N2O4S2/c1-4-12-10-13(18(32-12)26-16(27)7-8-20(2,3)19(29)30)17(28)11-5-6-15(14(22)9-11)31-21(23,24)25;1-3-13-9-14(20(28-13)21-17(23)10-27-11-18(24)25)19(26)16-8-12-6-4-5-7-15(12)22(16)2/h5-6,9-10H,4,7-8H2,1-3H3,(H,26,27)(H,29,30);4-9H,3,10-11H2,1-2H3,(H,21,23)(H,24,25). The van der Waals surface area contributed by atoms with Crippen LogP contribution in [-0.2, 0) is 39.1 Å². The number of ether oxygens (including phenoxy) is 1. The number of carboxylic acid groups (broad SMARTS) is 2. The summed E-state index contributed by atoms with van der Waals surface area (Å²) in [6.45, 7) is 6.78. The Morgan fingerprint density at radius 3 is 1.92 bits per heavy atom. The molecule has 60 heavy (non-hydrogen) atoms. The van der Waals surface area contributed by atoms with Gasteiger partial charge < -0.3 is 30.2 Å². The molecule has 0 spiro atoms. The van der Waals surface area contributed by atoms with Crippen molar-refractivity contribution in [3.63, 3.8) is 0 Å². The number of hydrogen-bond donors (Lipinski definition) is 4. The van der Waals surface area contributed by atoms with E-state index in [1.165, 1.54) is 31.3 Å².